The zero-order valence-electron chi connectivity index (χ0n) is 11.0. The van der Waals surface area contributed by atoms with Gasteiger partial charge in [0, 0.05) is 18.6 Å². The molecular formula is C14H28N2. The second kappa shape index (κ2) is 5.05. The largest absolute Gasteiger partial charge is 0.327 e. The number of hydrogen-bond donors (Lipinski definition) is 1. The minimum atomic E-state index is 0.399. The molecule has 2 unspecified atom stereocenters. The lowest BCUT2D eigenvalue weighted by Crippen LogP contribution is -2.45. The second-order valence-corrected chi connectivity index (χ2v) is 6.21. The van der Waals surface area contributed by atoms with Gasteiger partial charge in [-0.2, -0.15) is 0 Å². The molecule has 0 aliphatic heterocycles. The van der Waals surface area contributed by atoms with E-state index >= 15 is 0 Å². The van der Waals surface area contributed by atoms with Gasteiger partial charge in [0.25, 0.3) is 0 Å². The van der Waals surface area contributed by atoms with Crippen LogP contribution in [0.5, 0.6) is 0 Å². The summed E-state index contributed by atoms with van der Waals surface area (Å²) in [5.74, 6) is 0. The van der Waals surface area contributed by atoms with Gasteiger partial charge in [0.05, 0.1) is 0 Å². The van der Waals surface area contributed by atoms with Gasteiger partial charge >= 0.3 is 0 Å². The first-order valence-corrected chi connectivity index (χ1v) is 7.15. The molecule has 16 heavy (non-hydrogen) atoms. The molecule has 0 amide bonds. The van der Waals surface area contributed by atoms with Crippen molar-refractivity contribution in [1.29, 1.82) is 0 Å². The van der Waals surface area contributed by atoms with Crippen molar-refractivity contribution in [2.24, 2.45) is 11.1 Å². The van der Waals surface area contributed by atoms with Crippen molar-refractivity contribution in [3.05, 3.63) is 0 Å². The molecule has 2 aliphatic rings. The summed E-state index contributed by atoms with van der Waals surface area (Å²) in [6.07, 6.45) is 9.42. The van der Waals surface area contributed by atoms with Crippen molar-refractivity contribution in [1.82, 2.24) is 4.90 Å². The minimum Gasteiger partial charge on any atom is -0.327 e. The molecule has 0 heterocycles. The Hall–Kier alpha value is -0.0800. The van der Waals surface area contributed by atoms with Crippen molar-refractivity contribution in [3.8, 4) is 0 Å². The fraction of sp³-hybridized carbons (Fsp3) is 1.00. The normalized spacial score (nSPS) is 34.9. The van der Waals surface area contributed by atoms with E-state index in [1.165, 1.54) is 58.0 Å². The van der Waals surface area contributed by atoms with Gasteiger partial charge in [0.15, 0.2) is 0 Å². The summed E-state index contributed by atoms with van der Waals surface area (Å²) in [5, 5.41) is 0. The van der Waals surface area contributed by atoms with Gasteiger partial charge in [0.2, 0.25) is 0 Å². The highest BCUT2D eigenvalue weighted by Crippen LogP contribution is 2.39. The number of nitrogens with zero attached hydrogens (tertiary/aromatic N) is 1. The van der Waals surface area contributed by atoms with E-state index in [0.29, 0.717) is 11.5 Å². The summed E-state index contributed by atoms with van der Waals surface area (Å²) < 4.78 is 0. The number of rotatable bonds is 6. The Morgan fingerprint density at radius 1 is 1.31 bits per heavy atom. The third-order valence-corrected chi connectivity index (χ3v) is 4.58. The summed E-state index contributed by atoms with van der Waals surface area (Å²) in [5.41, 5.74) is 6.68. The molecule has 0 saturated heterocycles. The molecule has 2 heteroatoms. The average molecular weight is 224 g/mol. The molecule has 2 saturated carbocycles. The summed E-state index contributed by atoms with van der Waals surface area (Å²) in [6, 6.07) is 1.34. The van der Waals surface area contributed by atoms with E-state index in [0.717, 1.165) is 6.04 Å². The van der Waals surface area contributed by atoms with Gasteiger partial charge in [-0.25, -0.2) is 0 Å². The lowest BCUT2D eigenvalue weighted by atomic mass is 9.84. The maximum atomic E-state index is 6.28. The molecule has 2 aliphatic carbocycles. The van der Waals surface area contributed by atoms with Gasteiger partial charge in [-0.05, 0) is 44.1 Å². The average Bonchev–Trinajstić information content (AvgIpc) is 3.03. The lowest BCUT2D eigenvalue weighted by molar-refractivity contribution is 0.144. The van der Waals surface area contributed by atoms with Crippen molar-refractivity contribution < 1.29 is 0 Å². The third kappa shape index (κ3) is 2.78. The van der Waals surface area contributed by atoms with Crippen LogP contribution in [0.25, 0.3) is 0 Å². The molecule has 0 aromatic rings. The van der Waals surface area contributed by atoms with Crippen LogP contribution in [-0.2, 0) is 0 Å². The predicted octanol–water partition coefficient (Wildman–Crippen LogP) is 2.77. The molecule has 2 N–H and O–H groups in total. The van der Waals surface area contributed by atoms with Gasteiger partial charge in [-0.15, -0.1) is 0 Å². The monoisotopic (exact) mass is 224 g/mol. The van der Waals surface area contributed by atoms with Crippen molar-refractivity contribution >= 4 is 0 Å². The van der Waals surface area contributed by atoms with Crippen LogP contribution in [0.2, 0.25) is 0 Å². The van der Waals surface area contributed by atoms with Gasteiger partial charge < -0.3 is 5.73 Å². The predicted molar refractivity (Wildman–Crippen MR) is 69.4 cm³/mol. The number of hydrogen-bond acceptors (Lipinski definition) is 2. The molecule has 0 aromatic heterocycles. The van der Waals surface area contributed by atoms with Crippen molar-refractivity contribution in [2.75, 3.05) is 13.1 Å². The van der Waals surface area contributed by atoms with Crippen LogP contribution in [0.4, 0.5) is 0 Å². The van der Waals surface area contributed by atoms with Crippen LogP contribution < -0.4 is 5.73 Å². The Bertz CT molecular complexity index is 225. The summed E-state index contributed by atoms with van der Waals surface area (Å²) in [7, 11) is 0. The minimum absolute atomic E-state index is 0.399. The Morgan fingerprint density at radius 2 is 2.06 bits per heavy atom. The topological polar surface area (TPSA) is 29.3 Å². The van der Waals surface area contributed by atoms with E-state index in [-0.39, 0.29) is 0 Å². The molecule has 0 bridgehead atoms. The second-order valence-electron chi connectivity index (χ2n) is 6.21. The Balaban J connectivity index is 1.88. The van der Waals surface area contributed by atoms with Gasteiger partial charge in [-0.3, -0.25) is 4.90 Å². The van der Waals surface area contributed by atoms with Crippen LogP contribution in [0.3, 0.4) is 0 Å². The zero-order valence-corrected chi connectivity index (χ0v) is 11.0. The van der Waals surface area contributed by atoms with E-state index in [2.05, 4.69) is 18.7 Å². The van der Waals surface area contributed by atoms with Crippen LogP contribution >= 0.6 is 0 Å². The summed E-state index contributed by atoms with van der Waals surface area (Å²) in [4.78, 5) is 2.73. The summed E-state index contributed by atoms with van der Waals surface area (Å²) in [6.45, 7) is 7.24. The first-order chi connectivity index (χ1) is 7.65. The Labute approximate surface area is 101 Å². The lowest BCUT2D eigenvalue weighted by Gasteiger charge is -2.35. The molecule has 2 atom stereocenters. The quantitative estimate of drug-likeness (QED) is 0.751. The SMILES string of the molecule is CCCCN(CC1(C)CCCC1N)C1CC1. The maximum absolute atomic E-state index is 6.28. The first kappa shape index (κ1) is 12.4. The number of unbranched alkanes of at least 4 members (excludes halogenated alkanes) is 1. The van der Waals surface area contributed by atoms with Gasteiger partial charge in [-0.1, -0.05) is 26.7 Å². The van der Waals surface area contributed by atoms with Crippen LogP contribution in [0.15, 0.2) is 0 Å². The van der Waals surface area contributed by atoms with Gasteiger partial charge in [0.1, 0.15) is 0 Å². The highest BCUT2D eigenvalue weighted by molar-refractivity contribution is 4.96. The molecule has 94 valence electrons. The molecule has 0 spiro atoms. The summed E-state index contributed by atoms with van der Waals surface area (Å²) >= 11 is 0. The Kier molecular flexibility index (Phi) is 3.91. The Morgan fingerprint density at radius 3 is 2.56 bits per heavy atom. The number of nitrogens with two attached hydrogens (primary N) is 1. The van der Waals surface area contributed by atoms with E-state index in [1.54, 1.807) is 0 Å². The van der Waals surface area contributed by atoms with E-state index in [4.69, 9.17) is 5.73 Å². The fourth-order valence-corrected chi connectivity index (χ4v) is 3.11. The van der Waals surface area contributed by atoms with Crippen LogP contribution in [0, 0.1) is 5.41 Å². The maximum Gasteiger partial charge on any atom is 0.0105 e. The molecular weight excluding hydrogens is 196 g/mol. The van der Waals surface area contributed by atoms with Crippen molar-refractivity contribution in [3.63, 3.8) is 0 Å². The molecule has 0 radical (unpaired) electrons. The molecule has 0 aromatic carbocycles. The van der Waals surface area contributed by atoms with Crippen LogP contribution in [0.1, 0.15) is 58.8 Å². The van der Waals surface area contributed by atoms with E-state index in [1.807, 2.05) is 0 Å². The highest BCUT2D eigenvalue weighted by atomic mass is 15.2. The molecule has 2 nitrogen and oxygen atoms in total. The smallest absolute Gasteiger partial charge is 0.0105 e. The fourth-order valence-electron chi connectivity index (χ4n) is 3.11. The zero-order chi connectivity index (χ0) is 11.6. The van der Waals surface area contributed by atoms with Crippen LogP contribution in [-0.4, -0.2) is 30.1 Å². The molecule has 2 rings (SSSR count). The standard InChI is InChI=1S/C14H28N2/c1-3-4-10-16(12-7-8-12)11-14(2)9-5-6-13(14)15/h12-13H,3-11,15H2,1-2H3. The molecule has 2 fully saturated rings. The van der Waals surface area contributed by atoms with E-state index in [9.17, 15) is 0 Å². The van der Waals surface area contributed by atoms with Crippen molar-refractivity contribution in [2.45, 2.75) is 70.9 Å². The first-order valence-electron chi connectivity index (χ1n) is 7.15. The third-order valence-electron chi connectivity index (χ3n) is 4.58. The highest BCUT2D eigenvalue weighted by Gasteiger charge is 2.40. The van der Waals surface area contributed by atoms with E-state index < -0.39 is 0 Å².